The third-order valence-electron chi connectivity index (χ3n) is 5.29. The summed E-state index contributed by atoms with van der Waals surface area (Å²) in [5, 5.41) is 2.91. The largest absolute Gasteiger partial charge is 0.493 e. The number of nitrogens with one attached hydrogen (secondary N) is 1. The maximum Gasteiger partial charge on any atom is 0.407 e. The Hall–Kier alpha value is -2.87. The lowest BCUT2D eigenvalue weighted by atomic mass is 9.95. The third-order valence-corrected chi connectivity index (χ3v) is 6.07. The maximum atomic E-state index is 12.8. The van der Waals surface area contributed by atoms with E-state index in [-0.39, 0.29) is 12.0 Å². The van der Waals surface area contributed by atoms with E-state index in [1.807, 2.05) is 18.4 Å². The topological polar surface area (TPSA) is 83.1 Å². The van der Waals surface area contributed by atoms with Gasteiger partial charge >= 0.3 is 6.09 Å². The average molecular weight is 446 g/mol. The molecule has 0 bridgehead atoms. The summed E-state index contributed by atoms with van der Waals surface area (Å²) < 4.78 is 22.0. The van der Waals surface area contributed by atoms with Gasteiger partial charge in [0.15, 0.2) is 16.9 Å². The molecule has 0 heterocycles. The van der Waals surface area contributed by atoms with Crippen molar-refractivity contribution in [3.63, 3.8) is 0 Å². The van der Waals surface area contributed by atoms with E-state index in [1.165, 1.54) is 11.8 Å². The van der Waals surface area contributed by atoms with Crippen LogP contribution in [0.25, 0.3) is 11.1 Å². The van der Waals surface area contributed by atoms with Crippen molar-refractivity contribution in [3.05, 3.63) is 45.6 Å². The highest BCUT2D eigenvalue weighted by Crippen LogP contribution is 2.50. The Morgan fingerprint density at radius 2 is 1.87 bits per heavy atom. The number of ether oxygens (including phenoxy) is 4. The van der Waals surface area contributed by atoms with E-state index in [0.29, 0.717) is 40.5 Å². The molecule has 3 rings (SSSR count). The normalized spacial score (nSPS) is 14.5. The lowest BCUT2D eigenvalue weighted by Crippen LogP contribution is -2.29. The van der Waals surface area contributed by atoms with E-state index in [2.05, 4.69) is 5.32 Å². The van der Waals surface area contributed by atoms with E-state index in [0.717, 1.165) is 16.7 Å². The number of aryl methyl sites for hydroxylation is 1. The van der Waals surface area contributed by atoms with Crippen molar-refractivity contribution >= 4 is 17.9 Å². The Kier molecular flexibility index (Phi) is 7.33. The summed E-state index contributed by atoms with van der Waals surface area (Å²) >= 11 is 1.38. The molecule has 0 radical (unpaired) electrons. The van der Waals surface area contributed by atoms with Gasteiger partial charge in [0.2, 0.25) is 5.75 Å². The molecule has 2 aromatic rings. The molecule has 0 saturated heterocycles. The quantitative estimate of drug-likeness (QED) is 0.668. The van der Waals surface area contributed by atoms with Gasteiger partial charge in [-0.1, -0.05) is 6.07 Å². The predicted molar refractivity (Wildman–Crippen MR) is 121 cm³/mol. The molecule has 1 aliphatic carbocycles. The number of amides is 1. The molecular weight excluding hydrogens is 418 g/mol. The Bertz CT molecular complexity index is 1040. The van der Waals surface area contributed by atoms with E-state index in [4.69, 9.17) is 18.9 Å². The van der Waals surface area contributed by atoms with Gasteiger partial charge in [0, 0.05) is 5.56 Å². The summed E-state index contributed by atoms with van der Waals surface area (Å²) in [5.74, 6) is 1.57. The number of rotatable bonds is 6. The molecule has 1 atom stereocenters. The van der Waals surface area contributed by atoms with Crippen molar-refractivity contribution < 1.29 is 23.7 Å². The molecule has 0 saturated carbocycles. The van der Waals surface area contributed by atoms with Crippen LogP contribution in [-0.4, -0.2) is 40.3 Å². The first-order chi connectivity index (χ1) is 15.0. The number of hydrogen-bond donors (Lipinski definition) is 1. The summed E-state index contributed by atoms with van der Waals surface area (Å²) in [6.45, 7) is 2.01. The number of methoxy groups -OCH3 is 3. The fourth-order valence-electron chi connectivity index (χ4n) is 3.93. The van der Waals surface area contributed by atoms with Crippen LogP contribution in [0.2, 0.25) is 0 Å². The number of benzene rings is 1. The number of carbonyl (C=O) groups excluding carboxylic acids is 1. The molecule has 0 spiro atoms. The number of alkyl carbamates (subject to hydrolysis) is 1. The molecule has 8 heteroatoms. The Morgan fingerprint density at radius 1 is 1.13 bits per heavy atom. The van der Waals surface area contributed by atoms with Gasteiger partial charge in [0.25, 0.3) is 0 Å². The highest BCUT2D eigenvalue weighted by Gasteiger charge is 2.29. The summed E-state index contributed by atoms with van der Waals surface area (Å²) in [4.78, 5) is 25.7. The van der Waals surface area contributed by atoms with Gasteiger partial charge in [-0.15, -0.1) is 11.8 Å². The van der Waals surface area contributed by atoms with Crippen LogP contribution in [0.1, 0.15) is 30.5 Å². The fraction of sp³-hybridized carbons (Fsp3) is 0.391. The molecule has 0 unspecified atom stereocenters. The van der Waals surface area contributed by atoms with E-state index in [1.54, 1.807) is 40.4 Å². The minimum atomic E-state index is -0.518. The van der Waals surface area contributed by atoms with Gasteiger partial charge in [-0.05, 0) is 60.9 Å². The lowest BCUT2D eigenvalue weighted by molar-refractivity contribution is 0.147. The molecule has 1 N–H and O–H groups in total. The second-order valence-corrected chi connectivity index (χ2v) is 7.76. The second kappa shape index (κ2) is 9.96. The molecule has 1 aliphatic rings. The highest BCUT2D eigenvalue weighted by atomic mass is 32.2. The molecule has 2 aromatic carbocycles. The lowest BCUT2D eigenvalue weighted by Gasteiger charge is -2.19. The van der Waals surface area contributed by atoms with Crippen LogP contribution >= 0.6 is 11.8 Å². The van der Waals surface area contributed by atoms with E-state index >= 15 is 0 Å². The minimum absolute atomic E-state index is 0.104. The first-order valence-electron chi connectivity index (χ1n) is 9.96. The predicted octanol–water partition coefficient (Wildman–Crippen LogP) is 4.19. The van der Waals surface area contributed by atoms with E-state index < -0.39 is 12.1 Å². The zero-order valence-corrected chi connectivity index (χ0v) is 19.2. The van der Waals surface area contributed by atoms with Crippen molar-refractivity contribution in [3.8, 4) is 28.4 Å². The Balaban J connectivity index is 2.33. The smallest absolute Gasteiger partial charge is 0.407 e. The second-order valence-electron chi connectivity index (χ2n) is 6.91. The van der Waals surface area contributed by atoms with Crippen molar-refractivity contribution in [2.75, 3.05) is 34.2 Å². The Morgan fingerprint density at radius 3 is 2.48 bits per heavy atom. The van der Waals surface area contributed by atoms with Crippen molar-refractivity contribution in [1.29, 1.82) is 0 Å². The van der Waals surface area contributed by atoms with Crippen LogP contribution in [0.15, 0.2) is 34.0 Å². The average Bonchev–Trinajstić information content (AvgIpc) is 3.01. The van der Waals surface area contributed by atoms with Crippen molar-refractivity contribution in [1.82, 2.24) is 5.32 Å². The monoisotopic (exact) mass is 445 g/mol. The minimum Gasteiger partial charge on any atom is -0.493 e. The van der Waals surface area contributed by atoms with Crippen LogP contribution in [0, 0.1) is 0 Å². The van der Waals surface area contributed by atoms with Crippen LogP contribution in [0.5, 0.6) is 17.2 Å². The van der Waals surface area contributed by atoms with Gasteiger partial charge in [0.1, 0.15) is 0 Å². The summed E-state index contributed by atoms with van der Waals surface area (Å²) in [7, 11) is 4.71. The molecular formula is C23H27NO6S. The number of carbonyl (C=O) groups is 1. The number of hydrogen-bond acceptors (Lipinski definition) is 7. The summed E-state index contributed by atoms with van der Waals surface area (Å²) in [5.41, 5.74) is 3.21. The van der Waals surface area contributed by atoms with Crippen LogP contribution in [0.3, 0.4) is 0 Å². The van der Waals surface area contributed by atoms with Gasteiger partial charge in [-0.25, -0.2) is 4.79 Å². The van der Waals surface area contributed by atoms with Crippen molar-refractivity contribution in [2.45, 2.75) is 30.7 Å². The first-order valence-corrected chi connectivity index (χ1v) is 11.2. The van der Waals surface area contributed by atoms with Crippen LogP contribution < -0.4 is 25.0 Å². The number of fused-ring (bicyclic) bond motifs is 3. The molecule has 166 valence electrons. The van der Waals surface area contributed by atoms with Crippen molar-refractivity contribution in [2.24, 2.45) is 0 Å². The standard InChI is InChI=1S/C23H27NO6S/c1-6-30-23(26)24-16-9-7-13-11-18(27-2)21(28-3)22(29-4)20(13)14-8-10-19(31-5)17(25)12-15(14)16/h8,10-12,16H,6-7,9H2,1-5H3,(H,24,26)/t16-/m1/s1. The molecule has 7 nitrogen and oxygen atoms in total. The molecule has 0 aromatic heterocycles. The van der Waals surface area contributed by atoms with Gasteiger partial charge in [-0.2, -0.15) is 0 Å². The zero-order valence-electron chi connectivity index (χ0n) is 18.4. The number of thioether (sulfide) groups is 1. The van der Waals surface area contributed by atoms with Crippen LogP contribution in [-0.2, 0) is 11.2 Å². The molecule has 0 fully saturated rings. The fourth-order valence-corrected chi connectivity index (χ4v) is 4.40. The molecule has 0 aliphatic heterocycles. The van der Waals surface area contributed by atoms with E-state index in [9.17, 15) is 9.59 Å². The SMILES string of the molecule is CCOC(=O)N[C@@H]1CCc2cc(OC)c(OC)c(OC)c2-c2ccc(SC)c(=O)cc21. The zero-order chi connectivity index (χ0) is 22.5. The van der Waals surface area contributed by atoms with Gasteiger partial charge < -0.3 is 24.3 Å². The summed E-state index contributed by atoms with van der Waals surface area (Å²) in [6, 6.07) is 6.83. The summed E-state index contributed by atoms with van der Waals surface area (Å²) in [6.07, 6.45) is 2.55. The Labute approximate surface area is 186 Å². The molecule has 1 amide bonds. The first kappa shape index (κ1) is 22.8. The van der Waals surface area contributed by atoms with Gasteiger partial charge in [0.05, 0.1) is 38.9 Å². The van der Waals surface area contributed by atoms with Gasteiger partial charge in [-0.3, -0.25) is 4.79 Å². The third kappa shape index (κ3) is 4.44. The maximum absolute atomic E-state index is 12.8. The highest BCUT2D eigenvalue weighted by molar-refractivity contribution is 7.98. The molecule has 31 heavy (non-hydrogen) atoms. The van der Waals surface area contributed by atoms with Crippen LogP contribution in [0.4, 0.5) is 4.79 Å².